The molecule has 4 N–H and O–H groups in total. The molecule has 0 radical (unpaired) electrons. The standard InChI is InChI=1S/C10H15N3O2/c11-6-2-5-10(12)8-3-1-4-9(7-8)13(14)15/h1,3-4,7,10H,2,5-6,11-12H2/t10-/m0/s1. The highest BCUT2D eigenvalue weighted by Crippen LogP contribution is 2.20. The van der Waals surface area contributed by atoms with E-state index in [4.69, 9.17) is 11.5 Å². The van der Waals surface area contributed by atoms with E-state index >= 15 is 0 Å². The summed E-state index contributed by atoms with van der Waals surface area (Å²) in [4.78, 5) is 10.1. The largest absolute Gasteiger partial charge is 0.330 e. The van der Waals surface area contributed by atoms with Crippen molar-refractivity contribution in [1.29, 1.82) is 0 Å². The molecule has 1 atom stereocenters. The van der Waals surface area contributed by atoms with E-state index in [0.29, 0.717) is 6.54 Å². The lowest BCUT2D eigenvalue weighted by atomic mass is 10.0. The molecule has 0 aromatic heterocycles. The first kappa shape index (κ1) is 11.6. The molecule has 0 saturated carbocycles. The van der Waals surface area contributed by atoms with Gasteiger partial charge in [0.1, 0.15) is 0 Å². The van der Waals surface area contributed by atoms with Gasteiger partial charge in [0.05, 0.1) is 4.92 Å². The van der Waals surface area contributed by atoms with Gasteiger partial charge in [-0.25, -0.2) is 0 Å². The van der Waals surface area contributed by atoms with Crippen LogP contribution in [0.5, 0.6) is 0 Å². The van der Waals surface area contributed by atoms with E-state index in [1.54, 1.807) is 12.1 Å². The normalized spacial score (nSPS) is 12.4. The van der Waals surface area contributed by atoms with E-state index < -0.39 is 4.92 Å². The van der Waals surface area contributed by atoms with Crippen molar-refractivity contribution in [3.05, 3.63) is 39.9 Å². The maximum atomic E-state index is 10.5. The topological polar surface area (TPSA) is 95.2 Å². The van der Waals surface area contributed by atoms with Crippen LogP contribution in [0.4, 0.5) is 5.69 Å². The van der Waals surface area contributed by atoms with Crippen molar-refractivity contribution >= 4 is 5.69 Å². The van der Waals surface area contributed by atoms with E-state index in [0.717, 1.165) is 18.4 Å². The number of benzene rings is 1. The van der Waals surface area contributed by atoms with Crippen LogP contribution in [-0.2, 0) is 0 Å². The van der Waals surface area contributed by atoms with Gasteiger partial charge in [-0.05, 0) is 24.9 Å². The Balaban J connectivity index is 2.76. The van der Waals surface area contributed by atoms with E-state index in [1.807, 2.05) is 0 Å². The quantitative estimate of drug-likeness (QED) is 0.565. The molecule has 0 aliphatic carbocycles. The van der Waals surface area contributed by atoms with Crippen LogP contribution in [0.1, 0.15) is 24.4 Å². The number of nitrogens with two attached hydrogens (primary N) is 2. The second-order valence-corrected chi connectivity index (χ2v) is 3.39. The molecule has 5 heteroatoms. The van der Waals surface area contributed by atoms with Gasteiger partial charge in [0.25, 0.3) is 5.69 Å². The minimum Gasteiger partial charge on any atom is -0.330 e. The summed E-state index contributed by atoms with van der Waals surface area (Å²) in [5.41, 5.74) is 12.1. The van der Waals surface area contributed by atoms with E-state index in [2.05, 4.69) is 0 Å². The van der Waals surface area contributed by atoms with Gasteiger partial charge in [0.2, 0.25) is 0 Å². The molecule has 82 valence electrons. The smallest absolute Gasteiger partial charge is 0.269 e. The predicted octanol–water partition coefficient (Wildman–Crippen LogP) is 1.33. The third-order valence-corrected chi connectivity index (χ3v) is 2.23. The number of nitrogens with zero attached hydrogens (tertiary/aromatic N) is 1. The minimum absolute atomic E-state index is 0.0794. The number of nitro groups is 1. The summed E-state index contributed by atoms with van der Waals surface area (Å²) >= 11 is 0. The Hall–Kier alpha value is -1.46. The lowest BCUT2D eigenvalue weighted by Gasteiger charge is -2.10. The summed E-state index contributed by atoms with van der Waals surface area (Å²) in [7, 11) is 0. The molecule has 0 heterocycles. The summed E-state index contributed by atoms with van der Waals surface area (Å²) in [5, 5.41) is 10.5. The Morgan fingerprint density at radius 1 is 1.47 bits per heavy atom. The number of nitro benzene ring substituents is 1. The van der Waals surface area contributed by atoms with Gasteiger partial charge in [0, 0.05) is 18.2 Å². The van der Waals surface area contributed by atoms with Crippen molar-refractivity contribution in [3.8, 4) is 0 Å². The van der Waals surface area contributed by atoms with Gasteiger partial charge in [-0.2, -0.15) is 0 Å². The zero-order valence-corrected chi connectivity index (χ0v) is 8.43. The second-order valence-electron chi connectivity index (χ2n) is 3.39. The fourth-order valence-electron chi connectivity index (χ4n) is 1.37. The van der Waals surface area contributed by atoms with Crippen LogP contribution in [0.2, 0.25) is 0 Å². The average molecular weight is 209 g/mol. The maximum Gasteiger partial charge on any atom is 0.269 e. The molecule has 0 aliphatic heterocycles. The van der Waals surface area contributed by atoms with Gasteiger partial charge >= 0.3 is 0 Å². The number of hydrogen-bond donors (Lipinski definition) is 2. The first-order valence-corrected chi connectivity index (χ1v) is 4.85. The predicted molar refractivity (Wildman–Crippen MR) is 58.3 cm³/mol. The average Bonchev–Trinajstić information content (AvgIpc) is 2.26. The van der Waals surface area contributed by atoms with Crippen molar-refractivity contribution < 1.29 is 4.92 Å². The SMILES string of the molecule is NCCC[C@H](N)c1cccc([N+](=O)[O-])c1. The number of rotatable bonds is 5. The van der Waals surface area contributed by atoms with Crippen LogP contribution in [0.15, 0.2) is 24.3 Å². The highest BCUT2D eigenvalue weighted by atomic mass is 16.6. The molecule has 0 bridgehead atoms. The molecule has 0 saturated heterocycles. The first-order valence-electron chi connectivity index (χ1n) is 4.85. The van der Waals surface area contributed by atoms with Crippen molar-refractivity contribution in [2.24, 2.45) is 11.5 Å². The Labute approximate surface area is 88.2 Å². The molecule has 0 unspecified atom stereocenters. The van der Waals surface area contributed by atoms with E-state index in [-0.39, 0.29) is 11.7 Å². The fourth-order valence-corrected chi connectivity index (χ4v) is 1.37. The summed E-state index contributed by atoms with van der Waals surface area (Å²) in [6.45, 7) is 0.586. The molecule has 1 aromatic rings. The lowest BCUT2D eigenvalue weighted by molar-refractivity contribution is -0.384. The van der Waals surface area contributed by atoms with Gasteiger partial charge in [-0.1, -0.05) is 12.1 Å². The van der Waals surface area contributed by atoms with Crippen LogP contribution >= 0.6 is 0 Å². The molecule has 0 aliphatic rings. The van der Waals surface area contributed by atoms with Crippen molar-refractivity contribution in [2.75, 3.05) is 6.54 Å². The Kier molecular flexibility index (Phi) is 4.20. The Morgan fingerprint density at radius 2 is 2.20 bits per heavy atom. The van der Waals surface area contributed by atoms with Crippen molar-refractivity contribution in [3.63, 3.8) is 0 Å². The van der Waals surface area contributed by atoms with Crippen LogP contribution in [0.25, 0.3) is 0 Å². The lowest BCUT2D eigenvalue weighted by Crippen LogP contribution is -2.12. The van der Waals surface area contributed by atoms with Gasteiger partial charge < -0.3 is 11.5 Å². The molecule has 0 spiro atoms. The van der Waals surface area contributed by atoms with Crippen LogP contribution < -0.4 is 11.5 Å². The van der Waals surface area contributed by atoms with Gasteiger partial charge in [-0.3, -0.25) is 10.1 Å². The summed E-state index contributed by atoms with van der Waals surface area (Å²) in [6, 6.07) is 6.25. The summed E-state index contributed by atoms with van der Waals surface area (Å²) in [6.07, 6.45) is 1.57. The third-order valence-electron chi connectivity index (χ3n) is 2.23. The van der Waals surface area contributed by atoms with Gasteiger partial charge in [-0.15, -0.1) is 0 Å². The highest BCUT2D eigenvalue weighted by Gasteiger charge is 2.10. The van der Waals surface area contributed by atoms with Crippen LogP contribution in [0.3, 0.4) is 0 Å². The summed E-state index contributed by atoms with van der Waals surface area (Å²) < 4.78 is 0. The zero-order valence-electron chi connectivity index (χ0n) is 8.43. The molecular formula is C10H15N3O2. The Bertz CT molecular complexity index is 341. The van der Waals surface area contributed by atoms with Crippen LogP contribution in [0, 0.1) is 10.1 Å². The Morgan fingerprint density at radius 3 is 2.80 bits per heavy atom. The van der Waals surface area contributed by atoms with Crippen LogP contribution in [-0.4, -0.2) is 11.5 Å². The van der Waals surface area contributed by atoms with E-state index in [1.165, 1.54) is 12.1 Å². The molecule has 0 amide bonds. The summed E-state index contributed by atoms with van der Waals surface area (Å²) in [5.74, 6) is 0. The number of non-ortho nitro benzene ring substituents is 1. The molecule has 5 nitrogen and oxygen atoms in total. The molecular weight excluding hydrogens is 194 g/mol. The number of hydrogen-bond acceptors (Lipinski definition) is 4. The monoisotopic (exact) mass is 209 g/mol. The highest BCUT2D eigenvalue weighted by molar-refractivity contribution is 5.35. The maximum absolute atomic E-state index is 10.5. The van der Waals surface area contributed by atoms with E-state index in [9.17, 15) is 10.1 Å². The first-order chi connectivity index (χ1) is 7.15. The fraction of sp³-hybridized carbons (Fsp3) is 0.400. The molecule has 15 heavy (non-hydrogen) atoms. The minimum atomic E-state index is -0.418. The molecule has 0 fully saturated rings. The molecule has 1 aromatic carbocycles. The van der Waals surface area contributed by atoms with Crippen molar-refractivity contribution in [2.45, 2.75) is 18.9 Å². The van der Waals surface area contributed by atoms with Crippen molar-refractivity contribution in [1.82, 2.24) is 0 Å². The zero-order chi connectivity index (χ0) is 11.3. The molecule has 1 rings (SSSR count). The van der Waals surface area contributed by atoms with Gasteiger partial charge in [0.15, 0.2) is 0 Å². The second kappa shape index (κ2) is 5.43. The third kappa shape index (κ3) is 3.30.